The second-order valence-electron chi connectivity index (χ2n) is 6.04. The molecule has 0 spiro atoms. The number of hydrogen-bond acceptors (Lipinski definition) is 7. The van der Waals surface area contributed by atoms with Crippen molar-refractivity contribution in [1.82, 2.24) is 0 Å². The molecule has 0 aromatic carbocycles. The molecule has 4 atom stereocenters. The van der Waals surface area contributed by atoms with Crippen molar-refractivity contribution in [2.75, 3.05) is 13.2 Å². The fourth-order valence-corrected chi connectivity index (χ4v) is 4.05. The van der Waals surface area contributed by atoms with Gasteiger partial charge in [-0.2, -0.15) is 11.3 Å². The van der Waals surface area contributed by atoms with E-state index in [0.29, 0.717) is 5.56 Å². The van der Waals surface area contributed by atoms with Gasteiger partial charge in [-0.05, 0) is 43.2 Å². The Morgan fingerprint density at radius 2 is 1.92 bits per heavy atom. The normalized spacial score (nSPS) is 30.0. The first-order valence-corrected chi connectivity index (χ1v) is 8.88. The molecule has 1 aromatic rings. The lowest BCUT2D eigenvalue weighted by Gasteiger charge is -2.43. The second-order valence-corrected chi connectivity index (χ2v) is 6.82. The summed E-state index contributed by atoms with van der Waals surface area (Å²) >= 11 is 1.39. The predicted octanol–water partition coefficient (Wildman–Crippen LogP) is 1.91. The molecule has 24 heavy (non-hydrogen) atoms. The number of ether oxygens (including phenoxy) is 2. The zero-order valence-electron chi connectivity index (χ0n) is 14.0. The number of hydrogen-bond donors (Lipinski definition) is 1. The molecule has 0 amide bonds. The largest absolute Gasteiger partial charge is 0.466 e. The van der Waals surface area contributed by atoms with E-state index >= 15 is 0 Å². The first-order valence-electron chi connectivity index (χ1n) is 7.94. The lowest BCUT2D eigenvalue weighted by molar-refractivity contribution is -0.172. The van der Waals surface area contributed by atoms with Gasteiger partial charge >= 0.3 is 11.9 Å². The van der Waals surface area contributed by atoms with Crippen molar-refractivity contribution in [1.29, 1.82) is 0 Å². The molecule has 1 aromatic heterocycles. The van der Waals surface area contributed by atoms with E-state index in [0.717, 1.165) is 0 Å². The maximum atomic E-state index is 12.5. The van der Waals surface area contributed by atoms with Crippen LogP contribution in [-0.2, 0) is 23.9 Å². The molecule has 0 unspecified atom stereocenters. The van der Waals surface area contributed by atoms with Gasteiger partial charge in [-0.3, -0.25) is 14.4 Å². The molecule has 1 saturated carbocycles. The van der Waals surface area contributed by atoms with Gasteiger partial charge in [0.2, 0.25) is 0 Å². The molecule has 0 aliphatic heterocycles. The first-order chi connectivity index (χ1) is 11.3. The lowest BCUT2D eigenvalue weighted by Crippen LogP contribution is -2.55. The van der Waals surface area contributed by atoms with Gasteiger partial charge in [0, 0.05) is 12.3 Å². The number of rotatable bonds is 5. The van der Waals surface area contributed by atoms with E-state index in [9.17, 15) is 19.5 Å². The Labute approximate surface area is 144 Å². The van der Waals surface area contributed by atoms with E-state index in [1.54, 1.807) is 30.7 Å². The zero-order chi connectivity index (χ0) is 17.9. The van der Waals surface area contributed by atoms with Crippen molar-refractivity contribution in [2.24, 2.45) is 11.8 Å². The molecule has 0 bridgehead atoms. The number of esters is 2. The van der Waals surface area contributed by atoms with Crippen LogP contribution in [0.25, 0.3) is 0 Å². The summed E-state index contributed by atoms with van der Waals surface area (Å²) in [6, 6.07) is 1.75. The van der Waals surface area contributed by atoms with Crippen LogP contribution in [0, 0.1) is 11.8 Å². The van der Waals surface area contributed by atoms with Crippen molar-refractivity contribution in [3.05, 3.63) is 22.4 Å². The molecule has 7 heteroatoms. The van der Waals surface area contributed by atoms with Crippen LogP contribution in [0.5, 0.6) is 0 Å². The Bertz CT molecular complexity index is 607. The van der Waals surface area contributed by atoms with Crippen molar-refractivity contribution >= 4 is 29.1 Å². The van der Waals surface area contributed by atoms with E-state index in [1.807, 2.05) is 0 Å². The molecule has 1 N–H and O–H groups in total. The number of ketones is 1. The van der Waals surface area contributed by atoms with Crippen molar-refractivity contribution in [3.63, 3.8) is 0 Å². The fraction of sp³-hybridized carbons (Fsp3) is 0.588. The van der Waals surface area contributed by atoms with Crippen LogP contribution in [0.4, 0.5) is 0 Å². The minimum Gasteiger partial charge on any atom is -0.466 e. The number of aliphatic hydroxyl groups is 1. The van der Waals surface area contributed by atoms with Gasteiger partial charge in [0.25, 0.3) is 0 Å². The Balaban J connectivity index is 2.53. The molecule has 2 rings (SSSR count). The minimum atomic E-state index is -1.58. The third kappa shape index (κ3) is 3.52. The van der Waals surface area contributed by atoms with Crippen molar-refractivity contribution in [2.45, 2.75) is 38.7 Å². The van der Waals surface area contributed by atoms with Gasteiger partial charge in [-0.15, -0.1) is 0 Å². The zero-order valence-corrected chi connectivity index (χ0v) is 14.8. The van der Waals surface area contributed by atoms with Gasteiger partial charge < -0.3 is 14.6 Å². The van der Waals surface area contributed by atoms with E-state index in [2.05, 4.69) is 0 Å². The summed E-state index contributed by atoms with van der Waals surface area (Å²) in [5.74, 6) is -4.63. The third-order valence-electron chi connectivity index (χ3n) is 4.28. The van der Waals surface area contributed by atoms with Gasteiger partial charge in [0.1, 0.15) is 5.92 Å². The highest BCUT2D eigenvalue weighted by molar-refractivity contribution is 7.08. The number of Topliss-reactive ketones (excluding diaryl/α,β-unsaturated/α-hetero) is 1. The molecular formula is C17H22O6S. The van der Waals surface area contributed by atoms with Gasteiger partial charge in [-0.25, -0.2) is 0 Å². The van der Waals surface area contributed by atoms with Crippen LogP contribution >= 0.6 is 11.3 Å². The van der Waals surface area contributed by atoms with E-state index in [4.69, 9.17) is 9.47 Å². The van der Waals surface area contributed by atoms with Gasteiger partial charge in [-0.1, -0.05) is 0 Å². The molecule has 0 saturated heterocycles. The van der Waals surface area contributed by atoms with Crippen LogP contribution in [0.15, 0.2) is 16.8 Å². The summed E-state index contributed by atoms with van der Waals surface area (Å²) < 4.78 is 10.2. The van der Waals surface area contributed by atoms with E-state index in [1.165, 1.54) is 18.3 Å². The molecule has 1 fully saturated rings. The first kappa shape index (κ1) is 18.6. The predicted molar refractivity (Wildman–Crippen MR) is 87.6 cm³/mol. The Morgan fingerprint density at radius 1 is 1.29 bits per heavy atom. The quantitative estimate of drug-likeness (QED) is 0.642. The summed E-state index contributed by atoms with van der Waals surface area (Å²) in [6.45, 7) is 5.05. The third-order valence-corrected chi connectivity index (χ3v) is 4.98. The lowest BCUT2D eigenvalue weighted by atomic mass is 9.62. The maximum absolute atomic E-state index is 12.5. The fourth-order valence-electron chi connectivity index (χ4n) is 3.34. The van der Waals surface area contributed by atoms with Crippen LogP contribution < -0.4 is 0 Å². The van der Waals surface area contributed by atoms with Crippen molar-refractivity contribution in [3.8, 4) is 0 Å². The summed E-state index contributed by atoms with van der Waals surface area (Å²) in [5.41, 5.74) is -0.928. The SMILES string of the molecule is CCOC(=O)[C@@H]1C(=O)C[C@](C)(O)[C@@H](C(=O)OCC)[C@H]1c1ccsc1. The standard InChI is InChI=1S/C17H22O6S/c1-4-22-15(19)13-11(18)8-17(3,21)14(16(20)23-5-2)12(13)10-6-7-24-9-10/h6-7,9,12-14,21H,4-5,8H2,1-3H3/t12-,13+,14+,17-/m0/s1. The smallest absolute Gasteiger partial charge is 0.317 e. The topological polar surface area (TPSA) is 89.9 Å². The summed E-state index contributed by atoms with van der Waals surface area (Å²) in [6.07, 6.45) is -0.291. The Kier molecular flexibility index (Phi) is 5.77. The van der Waals surface area contributed by atoms with Crippen LogP contribution in [0.3, 0.4) is 0 Å². The summed E-state index contributed by atoms with van der Waals surface area (Å²) in [7, 11) is 0. The summed E-state index contributed by atoms with van der Waals surface area (Å²) in [5, 5.41) is 14.3. The van der Waals surface area contributed by atoms with Gasteiger partial charge in [0.05, 0.1) is 24.7 Å². The highest BCUT2D eigenvalue weighted by Crippen LogP contribution is 2.47. The van der Waals surface area contributed by atoms with E-state index < -0.39 is 41.1 Å². The van der Waals surface area contributed by atoms with Crippen molar-refractivity contribution < 1.29 is 29.0 Å². The average molecular weight is 354 g/mol. The number of carbonyl (C=O) groups is 3. The molecule has 132 valence electrons. The van der Waals surface area contributed by atoms with Gasteiger partial charge in [0.15, 0.2) is 5.78 Å². The Morgan fingerprint density at radius 3 is 2.46 bits per heavy atom. The van der Waals surface area contributed by atoms with Crippen LogP contribution in [0.2, 0.25) is 0 Å². The van der Waals surface area contributed by atoms with E-state index in [-0.39, 0.29) is 19.6 Å². The molecule has 1 aliphatic carbocycles. The highest BCUT2D eigenvalue weighted by atomic mass is 32.1. The maximum Gasteiger partial charge on any atom is 0.317 e. The van der Waals surface area contributed by atoms with Crippen LogP contribution in [0.1, 0.15) is 38.7 Å². The molecular weight excluding hydrogens is 332 g/mol. The Hall–Kier alpha value is -1.73. The minimum absolute atomic E-state index is 0.138. The molecule has 6 nitrogen and oxygen atoms in total. The monoisotopic (exact) mass is 354 g/mol. The molecule has 0 radical (unpaired) electrons. The second kappa shape index (κ2) is 7.44. The average Bonchev–Trinajstić information content (AvgIpc) is 2.99. The highest BCUT2D eigenvalue weighted by Gasteiger charge is 2.57. The molecule has 1 aliphatic rings. The number of thiophene rings is 1. The number of carbonyl (C=O) groups excluding carboxylic acids is 3. The molecule has 1 heterocycles. The van der Waals surface area contributed by atoms with Crippen LogP contribution in [-0.4, -0.2) is 41.6 Å². The summed E-state index contributed by atoms with van der Waals surface area (Å²) in [4.78, 5) is 37.4.